The first-order valence-corrected chi connectivity index (χ1v) is 11.6. The molecule has 1 aromatic carbocycles. The predicted molar refractivity (Wildman–Crippen MR) is 122 cm³/mol. The number of ether oxygens (including phenoxy) is 1. The number of nitrogens with zero attached hydrogens (tertiary/aromatic N) is 2. The van der Waals surface area contributed by atoms with Gasteiger partial charge in [-0.1, -0.05) is 36.4 Å². The molecule has 0 aliphatic carbocycles. The van der Waals surface area contributed by atoms with Crippen LogP contribution >= 0.6 is 11.6 Å². The fraction of sp³-hybridized carbons (Fsp3) is 0.600. The number of hydrogen-bond acceptors (Lipinski definition) is 3. The summed E-state index contributed by atoms with van der Waals surface area (Å²) < 4.78 is 6.10. The van der Waals surface area contributed by atoms with Crippen molar-refractivity contribution < 1.29 is 14.3 Å². The number of carbonyl (C=O) groups excluding carboxylic acids is 2. The molecule has 4 rings (SSSR count). The molecule has 0 radical (unpaired) electrons. The Balaban J connectivity index is 1.49. The Morgan fingerprint density at radius 3 is 2.58 bits per heavy atom. The van der Waals surface area contributed by atoms with Gasteiger partial charge in [0.05, 0.1) is 18.1 Å². The summed E-state index contributed by atoms with van der Waals surface area (Å²) in [4.78, 5) is 29.5. The van der Waals surface area contributed by atoms with Gasteiger partial charge in [0.2, 0.25) is 11.8 Å². The SMILES string of the molecule is C=CC(=O)N1CC2(CCN(C(=O)[C@@H]3COC(C)(C)C[C@@H]3c3ccccc3Cl)[C@@H](C)C2)C1. The Kier molecular flexibility index (Phi) is 5.95. The Bertz CT molecular complexity index is 877. The number of piperidine rings is 1. The Labute approximate surface area is 190 Å². The van der Waals surface area contributed by atoms with Crippen LogP contribution < -0.4 is 0 Å². The molecule has 6 heteroatoms. The van der Waals surface area contributed by atoms with Gasteiger partial charge in [-0.3, -0.25) is 9.59 Å². The van der Waals surface area contributed by atoms with Gasteiger partial charge in [-0.15, -0.1) is 0 Å². The van der Waals surface area contributed by atoms with Crippen molar-refractivity contribution in [2.75, 3.05) is 26.2 Å². The van der Waals surface area contributed by atoms with E-state index in [1.165, 1.54) is 6.08 Å². The summed E-state index contributed by atoms with van der Waals surface area (Å²) in [6.07, 6.45) is 4.00. The lowest BCUT2D eigenvalue weighted by Gasteiger charge is -2.56. The van der Waals surface area contributed by atoms with Crippen LogP contribution in [0.3, 0.4) is 0 Å². The summed E-state index contributed by atoms with van der Waals surface area (Å²) in [5.74, 6) is -0.0236. The van der Waals surface area contributed by atoms with E-state index in [1.54, 1.807) is 0 Å². The van der Waals surface area contributed by atoms with Gasteiger partial charge in [0.15, 0.2) is 0 Å². The third-order valence-electron chi connectivity index (χ3n) is 7.44. The van der Waals surface area contributed by atoms with Gasteiger partial charge >= 0.3 is 0 Å². The van der Waals surface area contributed by atoms with Crippen molar-refractivity contribution in [3.63, 3.8) is 0 Å². The number of benzene rings is 1. The Morgan fingerprint density at radius 2 is 1.94 bits per heavy atom. The van der Waals surface area contributed by atoms with Gasteiger partial charge in [0.25, 0.3) is 0 Å². The van der Waals surface area contributed by atoms with Crippen molar-refractivity contribution in [2.24, 2.45) is 11.3 Å². The number of amides is 2. The monoisotopic (exact) mass is 444 g/mol. The van der Waals surface area contributed by atoms with Crippen LogP contribution in [-0.4, -0.2) is 59.5 Å². The molecule has 0 bridgehead atoms. The van der Waals surface area contributed by atoms with E-state index in [9.17, 15) is 9.59 Å². The van der Waals surface area contributed by atoms with Crippen LogP contribution in [0.2, 0.25) is 5.02 Å². The molecule has 3 fully saturated rings. The molecule has 1 spiro atoms. The molecule has 2 amide bonds. The Morgan fingerprint density at radius 1 is 1.23 bits per heavy atom. The van der Waals surface area contributed by atoms with E-state index in [0.29, 0.717) is 6.61 Å². The second-order valence-corrected chi connectivity index (χ2v) is 10.6. The molecule has 0 unspecified atom stereocenters. The average molecular weight is 445 g/mol. The first kappa shape index (κ1) is 22.3. The number of carbonyl (C=O) groups is 2. The van der Waals surface area contributed by atoms with Gasteiger partial charge < -0.3 is 14.5 Å². The third kappa shape index (κ3) is 4.27. The van der Waals surface area contributed by atoms with E-state index >= 15 is 0 Å². The quantitative estimate of drug-likeness (QED) is 0.654. The van der Waals surface area contributed by atoms with Crippen molar-refractivity contribution in [2.45, 2.75) is 57.6 Å². The van der Waals surface area contributed by atoms with Gasteiger partial charge in [-0.05, 0) is 57.7 Å². The van der Waals surface area contributed by atoms with Crippen molar-refractivity contribution >= 4 is 23.4 Å². The minimum absolute atomic E-state index is 0.00124. The zero-order valence-electron chi connectivity index (χ0n) is 18.8. The minimum atomic E-state index is -0.286. The lowest BCUT2D eigenvalue weighted by atomic mass is 9.69. The number of rotatable bonds is 3. The summed E-state index contributed by atoms with van der Waals surface area (Å²) >= 11 is 6.55. The van der Waals surface area contributed by atoms with Crippen LogP contribution in [0.5, 0.6) is 0 Å². The van der Waals surface area contributed by atoms with Crippen LogP contribution in [-0.2, 0) is 14.3 Å². The lowest BCUT2D eigenvalue weighted by Crippen LogP contribution is -2.64. The van der Waals surface area contributed by atoms with E-state index < -0.39 is 0 Å². The van der Waals surface area contributed by atoms with Crippen molar-refractivity contribution in [3.8, 4) is 0 Å². The molecule has 3 saturated heterocycles. The standard InChI is InChI=1S/C25H33ClN2O3/c1-5-22(29)27-15-25(16-27)10-11-28(17(2)12-25)23(30)20-14-31-24(3,4)13-19(20)18-8-6-7-9-21(18)26/h5-9,17,19-20H,1,10-16H2,2-4H3/t17-,19+,20+/m0/s1. The highest BCUT2D eigenvalue weighted by Gasteiger charge is 2.50. The maximum absolute atomic E-state index is 13.7. The molecule has 1 aromatic rings. The molecule has 0 aromatic heterocycles. The lowest BCUT2D eigenvalue weighted by molar-refractivity contribution is -0.160. The maximum atomic E-state index is 13.7. The largest absolute Gasteiger partial charge is 0.375 e. The summed E-state index contributed by atoms with van der Waals surface area (Å²) in [6, 6.07) is 8.01. The van der Waals surface area contributed by atoms with E-state index in [4.69, 9.17) is 16.3 Å². The molecule has 3 atom stereocenters. The zero-order valence-corrected chi connectivity index (χ0v) is 19.5. The van der Waals surface area contributed by atoms with Crippen LogP contribution in [0, 0.1) is 11.3 Å². The zero-order chi connectivity index (χ0) is 22.4. The molecular weight excluding hydrogens is 412 g/mol. The molecule has 0 N–H and O–H groups in total. The van der Waals surface area contributed by atoms with Gasteiger partial charge in [-0.2, -0.15) is 0 Å². The molecule has 5 nitrogen and oxygen atoms in total. The summed E-state index contributed by atoms with van der Waals surface area (Å²) in [7, 11) is 0. The summed E-state index contributed by atoms with van der Waals surface area (Å²) in [5.41, 5.74) is 0.894. The average Bonchev–Trinajstić information content (AvgIpc) is 2.70. The normalized spacial score (nSPS) is 29.4. The van der Waals surface area contributed by atoms with E-state index in [2.05, 4.69) is 27.4 Å². The number of hydrogen-bond donors (Lipinski definition) is 0. The van der Waals surface area contributed by atoms with E-state index in [-0.39, 0.29) is 40.7 Å². The van der Waals surface area contributed by atoms with Gasteiger partial charge in [0.1, 0.15) is 0 Å². The molecule has 31 heavy (non-hydrogen) atoms. The fourth-order valence-corrected chi connectivity index (χ4v) is 6.08. The molecule has 3 heterocycles. The van der Waals surface area contributed by atoms with E-state index in [1.807, 2.05) is 34.1 Å². The van der Waals surface area contributed by atoms with Crippen molar-refractivity contribution in [1.82, 2.24) is 9.80 Å². The predicted octanol–water partition coefficient (Wildman–Crippen LogP) is 4.26. The van der Waals surface area contributed by atoms with E-state index in [0.717, 1.165) is 49.5 Å². The highest BCUT2D eigenvalue weighted by Crippen LogP contribution is 2.46. The second-order valence-electron chi connectivity index (χ2n) is 10.2. The van der Waals surface area contributed by atoms with Crippen LogP contribution in [0.1, 0.15) is 51.5 Å². The summed E-state index contributed by atoms with van der Waals surface area (Å²) in [6.45, 7) is 12.6. The first-order valence-electron chi connectivity index (χ1n) is 11.2. The summed E-state index contributed by atoms with van der Waals surface area (Å²) in [5, 5.41) is 0.718. The van der Waals surface area contributed by atoms with Crippen LogP contribution in [0.15, 0.2) is 36.9 Å². The molecule has 168 valence electrons. The highest BCUT2D eigenvalue weighted by atomic mass is 35.5. The molecule has 3 aliphatic rings. The maximum Gasteiger partial charge on any atom is 0.245 e. The third-order valence-corrected chi connectivity index (χ3v) is 7.78. The molecule has 3 aliphatic heterocycles. The number of likely N-dealkylation sites (tertiary alicyclic amines) is 2. The molecular formula is C25H33ClN2O3. The van der Waals surface area contributed by atoms with Crippen LogP contribution in [0.25, 0.3) is 0 Å². The first-order chi connectivity index (χ1) is 14.6. The fourth-order valence-electron chi connectivity index (χ4n) is 5.80. The second kappa shape index (κ2) is 8.25. The highest BCUT2D eigenvalue weighted by molar-refractivity contribution is 6.31. The van der Waals surface area contributed by atoms with Crippen LogP contribution in [0.4, 0.5) is 0 Å². The smallest absolute Gasteiger partial charge is 0.245 e. The molecule has 0 saturated carbocycles. The Hall–Kier alpha value is -1.85. The topological polar surface area (TPSA) is 49.9 Å². The van der Waals surface area contributed by atoms with Crippen molar-refractivity contribution in [3.05, 3.63) is 47.5 Å². The van der Waals surface area contributed by atoms with Gasteiger partial charge in [0, 0.05) is 42.0 Å². The number of halogens is 1. The van der Waals surface area contributed by atoms with Gasteiger partial charge in [-0.25, -0.2) is 0 Å². The minimum Gasteiger partial charge on any atom is -0.375 e. The van der Waals surface area contributed by atoms with Crippen molar-refractivity contribution in [1.29, 1.82) is 0 Å².